The van der Waals surface area contributed by atoms with E-state index in [2.05, 4.69) is 40.4 Å². The van der Waals surface area contributed by atoms with E-state index in [4.69, 9.17) is 4.74 Å². The average molecular weight is 495 g/mol. The van der Waals surface area contributed by atoms with Gasteiger partial charge in [0.1, 0.15) is 5.75 Å². The molecule has 0 saturated carbocycles. The number of ether oxygens (including phenoxy) is 1. The van der Waals surface area contributed by atoms with Crippen molar-refractivity contribution in [1.29, 1.82) is 0 Å². The van der Waals surface area contributed by atoms with Gasteiger partial charge in [0.2, 0.25) is 0 Å². The fourth-order valence-electron chi connectivity index (χ4n) is 3.03. The zero-order chi connectivity index (χ0) is 23.1. The van der Waals surface area contributed by atoms with Crippen molar-refractivity contribution in [3.05, 3.63) is 87.9 Å². The van der Waals surface area contributed by atoms with Gasteiger partial charge in [-0.25, -0.2) is 0 Å². The summed E-state index contributed by atoms with van der Waals surface area (Å²) in [6.07, 6.45) is 0.968. The molecule has 0 aliphatic heterocycles. The summed E-state index contributed by atoms with van der Waals surface area (Å²) < 4.78 is 6.52. The van der Waals surface area contributed by atoms with E-state index < -0.39 is 0 Å². The molecule has 5 nitrogen and oxygen atoms in total. The molecule has 0 radical (unpaired) electrons. The molecule has 0 heterocycles. The summed E-state index contributed by atoms with van der Waals surface area (Å²) in [6.45, 7) is 6.82. The second kappa shape index (κ2) is 11.0. The third kappa shape index (κ3) is 6.44. The Labute approximate surface area is 197 Å². The number of amides is 2. The van der Waals surface area contributed by atoms with Crippen LogP contribution in [0.1, 0.15) is 46.5 Å². The van der Waals surface area contributed by atoms with Gasteiger partial charge >= 0.3 is 0 Å². The number of aryl methyl sites for hydroxylation is 1. The number of benzene rings is 3. The van der Waals surface area contributed by atoms with Crippen molar-refractivity contribution in [2.75, 3.05) is 17.2 Å². The molecule has 6 heteroatoms. The third-order valence-corrected chi connectivity index (χ3v) is 5.53. The molecule has 3 aromatic carbocycles. The molecule has 0 unspecified atom stereocenters. The average Bonchev–Trinajstić information content (AvgIpc) is 2.77. The first-order valence-corrected chi connectivity index (χ1v) is 11.3. The van der Waals surface area contributed by atoms with Crippen molar-refractivity contribution in [3.63, 3.8) is 0 Å². The van der Waals surface area contributed by atoms with Crippen LogP contribution in [0.15, 0.2) is 71.2 Å². The van der Waals surface area contributed by atoms with E-state index in [1.807, 2.05) is 31.2 Å². The highest BCUT2D eigenvalue weighted by atomic mass is 79.9. The lowest BCUT2D eigenvalue weighted by Crippen LogP contribution is -2.14. The van der Waals surface area contributed by atoms with E-state index >= 15 is 0 Å². The lowest BCUT2D eigenvalue weighted by atomic mass is 10.1. The molecule has 0 aromatic heterocycles. The maximum Gasteiger partial charge on any atom is 0.255 e. The number of hydrogen-bond acceptors (Lipinski definition) is 3. The Morgan fingerprint density at radius 1 is 0.906 bits per heavy atom. The van der Waals surface area contributed by atoms with Gasteiger partial charge in [-0.3, -0.25) is 9.59 Å². The number of nitrogens with one attached hydrogen (secondary N) is 2. The molecule has 166 valence electrons. The monoisotopic (exact) mass is 494 g/mol. The second-order valence-corrected chi connectivity index (χ2v) is 8.83. The molecule has 0 aliphatic carbocycles. The van der Waals surface area contributed by atoms with Crippen molar-refractivity contribution in [2.45, 2.75) is 27.2 Å². The predicted molar refractivity (Wildman–Crippen MR) is 133 cm³/mol. The lowest BCUT2D eigenvalue weighted by molar-refractivity contribution is 0.101. The Morgan fingerprint density at radius 2 is 1.62 bits per heavy atom. The predicted octanol–water partition coefficient (Wildman–Crippen LogP) is 6.69. The van der Waals surface area contributed by atoms with Crippen molar-refractivity contribution in [1.82, 2.24) is 0 Å². The van der Waals surface area contributed by atoms with E-state index in [0.717, 1.165) is 22.2 Å². The Hall–Kier alpha value is -3.12. The van der Waals surface area contributed by atoms with Crippen LogP contribution < -0.4 is 15.4 Å². The largest absolute Gasteiger partial charge is 0.492 e. The van der Waals surface area contributed by atoms with Gasteiger partial charge in [0.15, 0.2) is 0 Å². The molecule has 0 atom stereocenters. The quantitative estimate of drug-likeness (QED) is 0.366. The van der Waals surface area contributed by atoms with Crippen molar-refractivity contribution >= 4 is 39.1 Å². The molecular weight excluding hydrogens is 468 g/mol. The van der Waals surface area contributed by atoms with Gasteiger partial charge in [0.05, 0.1) is 11.1 Å². The number of carbonyl (C=O) groups excluding carboxylic acids is 2. The van der Waals surface area contributed by atoms with Gasteiger partial charge in [-0.1, -0.05) is 32.0 Å². The first-order chi connectivity index (χ1) is 15.3. The summed E-state index contributed by atoms with van der Waals surface area (Å²) in [7, 11) is 0. The third-order valence-electron chi connectivity index (χ3n) is 4.92. The summed E-state index contributed by atoms with van der Waals surface area (Å²) in [6, 6.07) is 19.7. The summed E-state index contributed by atoms with van der Waals surface area (Å²) in [5.41, 5.74) is 3.31. The first kappa shape index (κ1) is 23.5. The van der Waals surface area contributed by atoms with Crippen LogP contribution in [-0.2, 0) is 0 Å². The zero-order valence-electron chi connectivity index (χ0n) is 18.4. The van der Waals surface area contributed by atoms with Gasteiger partial charge in [0, 0.05) is 22.5 Å². The highest BCUT2D eigenvalue weighted by Crippen LogP contribution is 2.27. The van der Waals surface area contributed by atoms with E-state index in [-0.39, 0.29) is 11.8 Å². The molecule has 3 rings (SSSR count). The van der Waals surface area contributed by atoms with Gasteiger partial charge in [-0.05, 0) is 89.3 Å². The van der Waals surface area contributed by atoms with Crippen LogP contribution in [0.4, 0.5) is 11.4 Å². The highest BCUT2D eigenvalue weighted by Gasteiger charge is 2.12. The first-order valence-electron chi connectivity index (χ1n) is 10.5. The fraction of sp³-hybridized carbons (Fsp3) is 0.231. The molecule has 0 fully saturated rings. The van der Waals surface area contributed by atoms with Crippen LogP contribution in [0, 0.1) is 12.8 Å². The Balaban J connectivity index is 1.63. The molecule has 0 aliphatic rings. The minimum Gasteiger partial charge on any atom is -0.492 e. The smallest absolute Gasteiger partial charge is 0.255 e. The summed E-state index contributed by atoms with van der Waals surface area (Å²) in [5.74, 6) is 0.892. The Kier molecular flexibility index (Phi) is 8.06. The standard InChI is InChI=1S/C26H27BrN2O3/c1-17(2)13-14-32-24-12-9-20(16-22(24)27)26(31)28-21-10-11-23(18(3)15-21)29-25(30)19-7-5-4-6-8-19/h4-12,15-17H,13-14H2,1-3H3,(H,28,31)(H,29,30). The minimum absolute atomic E-state index is 0.175. The number of hydrogen-bond donors (Lipinski definition) is 2. The zero-order valence-corrected chi connectivity index (χ0v) is 20.0. The Bertz CT molecular complexity index is 1100. The second-order valence-electron chi connectivity index (χ2n) is 7.98. The molecule has 0 spiro atoms. The normalized spacial score (nSPS) is 10.7. The lowest BCUT2D eigenvalue weighted by Gasteiger charge is -2.13. The summed E-state index contributed by atoms with van der Waals surface area (Å²) in [5, 5.41) is 5.81. The van der Waals surface area contributed by atoms with E-state index in [0.29, 0.717) is 35.0 Å². The maximum absolute atomic E-state index is 12.7. The molecule has 3 aromatic rings. The van der Waals surface area contributed by atoms with Crippen LogP contribution >= 0.6 is 15.9 Å². The molecule has 2 N–H and O–H groups in total. The molecular formula is C26H27BrN2O3. The van der Waals surface area contributed by atoms with Gasteiger partial charge < -0.3 is 15.4 Å². The van der Waals surface area contributed by atoms with Gasteiger partial charge in [0.25, 0.3) is 11.8 Å². The Morgan fingerprint density at radius 3 is 2.28 bits per heavy atom. The number of rotatable bonds is 8. The summed E-state index contributed by atoms with van der Waals surface area (Å²) >= 11 is 3.49. The number of anilines is 2. The molecule has 0 saturated heterocycles. The molecule has 0 bridgehead atoms. The topological polar surface area (TPSA) is 67.4 Å². The summed E-state index contributed by atoms with van der Waals surface area (Å²) in [4.78, 5) is 25.1. The maximum atomic E-state index is 12.7. The van der Waals surface area contributed by atoms with Crippen LogP contribution in [0.5, 0.6) is 5.75 Å². The molecule has 32 heavy (non-hydrogen) atoms. The van der Waals surface area contributed by atoms with Gasteiger partial charge in [-0.15, -0.1) is 0 Å². The van der Waals surface area contributed by atoms with Crippen molar-refractivity contribution in [2.24, 2.45) is 5.92 Å². The van der Waals surface area contributed by atoms with Crippen molar-refractivity contribution < 1.29 is 14.3 Å². The van der Waals surface area contributed by atoms with E-state index in [1.54, 1.807) is 42.5 Å². The number of halogens is 1. The van der Waals surface area contributed by atoms with E-state index in [9.17, 15) is 9.59 Å². The SMILES string of the molecule is Cc1cc(NC(=O)c2ccc(OCCC(C)C)c(Br)c2)ccc1NC(=O)c1ccccc1. The van der Waals surface area contributed by atoms with Crippen LogP contribution in [0.3, 0.4) is 0 Å². The number of carbonyl (C=O) groups is 2. The van der Waals surface area contributed by atoms with E-state index in [1.165, 1.54) is 0 Å². The molecule has 2 amide bonds. The fourth-order valence-corrected chi connectivity index (χ4v) is 3.53. The highest BCUT2D eigenvalue weighted by molar-refractivity contribution is 9.10. The van der Waals surface area contributed by atoms with Crippen LogP contribution in [0.2, 0.25) is 0 Å². The van der Waals surface area contributed by atoms with Gasteiger partial charge in [-0.2, -0.15) is 0 Å². The minimum atomic E-state index is -0.222. The van der Waals surface area contributed by atoms with Crippen LogP contribution in [0.25, 0.3) is 0 Å². The van der Waals surface area contributed by atoms with Crippen molar-refractivity contribution in [3.8, 4) is 5.75 Å². The van der Waals surface area contributed by atoms with Crippen LogP contribution in [-0.4, -0.2) is 18.4 Å².